The Kier molecular flexibility index (Phi) is 3.41. The first-order chi connectivity index (χ1) is 9.56. The van der Waals surface area contributed by atoms with E-state index in [-0.39, 0.29) is 0 Å². The van der Waals surface area contributed by atoms with Gasteiger partial charge in [0.25, 0.3) is 0 Å². The molecule has 0 aliphatic rings. The van der Waals surface area contributed by atoms with Crippen LogP contribution in [0.25, 0.3) is 22.5 Å². The van der Waals surface area contributed by atoms with Gasteiger partial charge in [-0.2, -0.15) is 5.10 Å². The molecule has 2 aromatic heterocycles. The molecule has 0 aliphatic heterocycles. The summed E-state index contributed by atoms with van der Waals surface area (Å²) in [4.78, 5) is 4.45. The molecule has 4 nitrogen and oxygen atoms in total. The molecule has 3 aromatic rings. The van der Waals surface area contributed by atoms with Gasteiger partial charge in [-0.05, 0) is 19.1 Å². The first-order valence-corrected chi connectivity index (χ1v) is 7.41. The summed E-state index contributed by atoms with van der Waals surface area (Å²) in [6.45, 7) is 1.95. The average Bonchev–Trinajstić information content (AvgIpc) is 2.96. The van der Waals surface area contributed by atoms with Crippen molar-refractivity contribution in [2.45, 2.75) is 6.92 Å². The largest absolute Gasteiger partial charge is 0.382 e. The number of anilines is 1. The van der Waals surface area contributed by atoms with Crippen LogP contribution in [0.5, 0.6) is 0 Å². The van der Waals surface area contributed by atoms with Crippen LogP contribution in [-0.2, 0) is 0 Å². The van der Waals surface area contributed by atoms with E-state index in [9.17, 15) is 0 Å². The van der Waals surface area contributed by atoms with Crippen LogP contribution in [-0.4, -0.2) is 15.2 Å². The molecule has 0 atom stereocenters. The minimum absolute atomic E-state index is 0.384. The summed E-state index contributed by atoms with van der Waals surface area (Å²) in [7, 11) is 0. The molecule has 3 rings (SSSR count). The van der Waals surface area contributed by atoms with Gasteiger partial charge in [0, 0.05) is 16.0 Å². The summed E-state index contributed by atoms with van der Waals surface area (Å²) in [5.41, 5.74) is 9.06. The van der Waals surface area contributed by atoms with Gasteiger partial charge >= 0.3 is 0 Å². The van der Waals surface area contributed by atoms with Crippen molar-refractivity contribution in [2.24, 2.45) is 0 Å². The van der Waals surface area contributed by atoms with Crippen molar-refractivity contribution < 1.29 is 0 Å². The fraction of sp³-hybridized carbons (Fsp3) is 0.0769. The summed E-state index contributed by atoms with van der Waals surface area (Å²) in [5.74, 6) is 0.384. The van der Waals surface area contributed by atoms with Gasteiger partial charge in [-0.3, -0.25) is 5.10 Å². The van der Waals surface area contributed by atoms with Crippen molar-refractivity contribution in [3.63, 3.8) is 0 Å². The number of rotatable bonds is 2. The predicted octanol–water partition coefficient (Wildman–Crippen LogP) is 4.40. The lowest BCUT2D eigenvalue weighted by atomic mass is 10.0. The monoisotopic (exact) mass is 324 g/mol. The highest BCUT2D eigenvalue weighted by Crippen LogP contribution is 2.39. The minimum atomic E-state index is 0.384. The third kappa shape index (κ3) is 2.28. The van der Waals surface area contributed by atoms with Crippen LogP contribution in [0.4, 0.5) is 5.82 Å². The highest BCUT2D eigenvalue weighted by atomic mass is 35.5. The summed E-state index contributed by atoms with van der Waals surface area (Å²) in [6.07, 6.45) is 0. The Bertz CT molecular complexity index is 779. The summed E-state index contributed by atoms with van der Waals surface area (Å²) < 4.78 is 0. The average molecular weight is 325 g/mol. The van der Waals surface area contributed by atoms with Crippen molar-refractivity contribution in [1.29, 1.82) is 0 Å². The topological polar surface area (TPSA) is 67.6 Å². The summed E-state index contributed by atoms with van der Waals surface area (Å²) in [6, 6.07) is 5.28. The number of aromatic amines is 1. The quantitative estimate of drug-likeness (QED) is 0.734. The van der Waals surface area contributed by atoms with E-state index in [4.69, 9.17) is 28.9 Å². The van der Waals surface area contributed by atoms with Gasteiger partial charge in [0.15, 0.2) is 5.82 Å². The highest BCUT2D eigenvalue weighted by molar-refractivity contribution is 7.09. The first kappa shape index (κ1) is 13.4. The molecule has 0 saturated heterocycles. The maximum atomic E-state index is 6.26. The fourth-order valence-electron chi connectivity index (χ4n) is 1.98. The SMILES string of the molecule is Cc1nc(-c2[nH]nc(N)c2-c2ccc(Cl)cc2Cl)cs1. The molecule has 0 amide bonds. The van der Waals surface area contributed by atoms with Gasteiger partial charge in [-0.25, -0.2) is 4.98 Å². The number of nitrogens with one attached hydrogen (secondary N) is 1. The highest BCUT2D eigenvalue weighted by Gasteiger charge is 2.18. The second-order valence-electron chi connectivity index (χ2n) is 4.23. The molecule has 0 saturated carbocycles. The zero-order valence-electron chi connectivity index (χ0n) is 10.4. The van der Waals surface area contributed by atoms with Crippen molar-refractivity contribution >= 4 is 40.4 Å². The molecule has 0 unspecified atom stereocenters. The van der Waals surface area contributed by atoms with Crippen LogP contribution in [0.3, 0.4) is 0 Å². The maximum Gasteiger partial charge on any atom is 0.153 e. The van der Waals surface area contributed by atoms with E-state index in [1.807, 2.05) is 18.4 Å². The predicted molar refractivity (Wildman–Crippen MR) is 84.3 cm³/mol. The normalized spacial score (nSPS) is 10.9. The van der Waals surface area contributed by atoms with E-state index in [1.54, 1.807) is 23.5 Å². The molecule has 0 bridgehead atoms. The van der Waals surface area contributed by atoms with Crippen LogP contribution < -0.4 is 5.73 Å². The molecule has 0 aliphatic carbocycles. The lowest BCUT2D eigenvalue weighted by molar-refractivity contribution is 1.09. The van der Waals surface area contributed by atoms with Gasteiger partial charge < -0.3 is 5.73 Å². The number of nitrogens with zero attached hydrogens (tertiary/aromatic N) is 2. The number of halogens is 2. The van der Waals surface area contributed by atoms with Gasteiger partial charge in [-0.15, -0.1) is 11.3 Å². The Hall–Kier alpha value is -1.56. The maximum absolute atomic E-state index is 6.26. The molecule has 20 heavy (non-hydrogen) atoms. The van der Waals surface area contributed by atoms with E-state index in [0.29, 0.717) is 15.9 Å². The second-order valence-corrected chi connectivity index (χ2v) is 6.14. The molecular weight excluding hydrogens is 315 g/mol. The fourth-order valence-corrected chi connectivity index (χ4v) is 3.09. The van der Waals surface area contributed by atoms with Crippen LogP contribution in [0.2, 0.25) is 10.0 Å². The van der Waals surface area contributed by atoms with Crippen LogP contribution in [0, 0.1) is 6.92 Å². The van der Waals surface area contributed by atoms with Crippen LogP contribution >= 0.6 is 34.5 Å². The standard InChI is InChI=1S/C13H10Cl2N4S/c1-6-17-10(5-20-6)12-11(13(16)19-18-12)8-3-2-7(14)4-9(8)15/h2-5H,1H3,(H3,16,18,19). The molecule has 7 heteroatoms. The van der Waals surface area contributed by atoms with Crippen molar-refractivity contribution in [1.82, 2.24) is 15.2 Å². The Labute approximate surface area is 129 Å². The van der Waals surface area contributed by atoms with Gasteiger partial charge in [-0.1, -0.05) is 29.3 Å². The summed E-state index contributed by atoms with van der Waals surface area (Å²) >= 11 is 13.8. The number of thiazole rings is 1. The van der Waals surface area contributed by atoms with Crippen molar-refractivity contribution in [3.8, 4) is 22.5 Å². The van der Waals surface area contributed by atoms with Crippen LogP contribution in [0.15, 0.2) is 23.6 Å². The number of H-pyrrole nitrogens is 1. The van der Waals surface area contributed by atoms with Gasteiger partial charge in [0.1, 0.15) is 0 Å². The number of aryl methyl sites for hydroxylation is 1. The third-order valence-electron chi connectivity index (χ3n) is 2.87. The molecule has 0 radical (unpaired) electrons. The Morgan fingerprint density at radius 3 is 2.75 bits per heavy atom. The lowest BCUT2D eigenvalue weighted by Crippen LogP contribution is -1.90. The Morgan fingerprint density at radius 2 is 2.10 bits per heavy atom. The molecule has 102 valence electrons. The zero-order valence-corrected chi connectivity index (χ0v) is 12.8. The van der Waals surface area contributed by atoms with E-state index in [1.165, 1.54) is 0 Å². The summed E-state index contributed by atoms with van der Waals surface area (Å²) in [5, 5.41) is 11.0. The first-order valence-electron chi connectivity index (χ1n) is 5.78. The molecule has 0 fully saturated rings. The number of hydrogen-bond acceptors (Lipinski definition) is 4. The number of hydrogen-bond donors (Lipinski definition) is 2. The van der Waals surface area contributed by atoms with Gasteiger partial charge in [0.2, 0.25) is 0 Å². The van der Waals surface area contributed by atoms with E-state index in [0.717, 1.165) is 27.5 Å². The van der Waals surface area contributed by atoms with Gasteiger partial charge in [0.05, 0.1) is 27.0 Å². The molecule has 0 spiro atoms. The van der Waals surface area contributed by atoms with Crippen molar-refractivity contribution in [2.75, 3.05) is 5.73 Å². The zero-order chi connectivity index (χ0) is 14.3. The van der Waals surface area contributed by atoms with Crippen molar-refractivity contribution in [3.05, 3.63) is 38.6 Å². The molecule has 1 aromatic carbocycles. The third-order valence-corrected chi connectivity index (χ3v) is 4.19. The molecular formula is C13H10Cl2N4S. The second kappa shape index (κ2) is 5.09. The number of aromatic nitrogens is 3. The Balaban J connectivity index is 2.21. The number of benzene rings is 1. The molecule has 3 N–H and O–H groups in total. The van der Waals surface area contributed by atoms with E-state index in [2.05, 4.69) is 15.2 Å². The number of nitrogens with two attached hydrogens (primary N) is 1. The van der Waals surface area contributed by atoms with E-state index >= 15 is 0 Å². The molecule has 2 heterocycles. The minimum Gasteiger partial charge on any atom is -0.382 e. The van der Waals surface area contributed by atoms with E-state index < -0.39 is 0 Å². The van der Waals surface area contributed by atoms with Crippen LogP contribution in [0.1, 0.15) is 5.01 Å². The smallest absolute Gasteiger partial charge is 0.153 e. The number of nitrogen functional groups attached to an aromatic ring is 1. The Morgan fingerprint density at radius 1 is 1.30 bits per heavy atom. The lowest BCUT2D eigenvalue weighted by Gasteiger charge is -2.05.